The van der Waals surface area contributed by atoms with Crippen LogP contribution in [-0.4, -0.2) is 9.97 Å². The first-order valence-corrected chi connectivity index (χ1v) is 6.59. The molecule has 1 heterocycles. The van der Waals surface area contributed by atoms with Crippen LogP contribution in [0.15, 0.2) is 30.3 Å². The van der Waals surface area contributed by atoms with Gasteiger partial charge in [-0.05, 0) is 24.3 Å². The number of benzene rings is 2. The van der Waals surface area contributed by atoms with Crippen molar-refractivity contribution in [2.45, 2.75) is 0 Å². The maximum atomic E-state index is 6.00. The van der Waals surface area contributed by atoms with Crippen LogP contribution in [0.3, 0.4) is 0 Å². The number of H-pyrrole nitrogens is 1. The monoisotopic (exact) mass is 311 g/mol. The number of hydrogen-bond donors (Lipinski definition) is 2. The van der Waals surface area contributed by atoms with Crippen LogP contribution >= 0.6 is 34.8 Å². The Labute approximate surface area is 124 Å². The molecule has 3 N–H and O–H groups in total. The SMILES string of the molecule is Nc1c(Cl)cccc1-c1nc2cc(Cl)c(Cl)cc2[nH]1. The van der Waals surface area contributed by atoms with Gasteiger partial charge >= 0.3 is 0 Å². The number of para-hydroxylation sites is 1. The number of nitrogen functional groups attached to an aromatic ring is 1. The van der Waals surface area contributed by atoms with E-state index >= 15 is 0 Å². The molecule has 0 saturated carbocycles. The lowest BCUT2D eigenvalue weighted by molar-refractivity contribution is 1.34. The molecule has 3 nitrogen and oxygen atoms in total. The largest absolute Gasteiger partial charge is 0.397 e. The number of imidazole rings is 1. The average molecular weight is 313 g/mol. The fraction of sp³-hybridized carbons (Fsp3) is 0. The summed E-state index contributed by atoms with van der Waals surface area (Å²) < 4.78 is 0. The molecule has 6 heteroatoms. The van der Waals surface area contributed by atoms with E-state index in [2.05, 4.69) is 9.97 Å². The molecule has 0 aliphatic heterocycles. The summed E-state index contributed by atoms with van der Waals surface area (Å²) in [6.07, 6.45) is 0. The van der Waals surface area contributed by atoms with Gasteiger partial charge in [-0.25, -0.2) is 4.98 Å². The second kappa shape index (κ2) is 4.60. The van der Waals surface area contributed by atoms with Crippen molar-refractivity contribution in [3.05, 3.63) is 45.4 Å². The fourth-order valence-electron chi connectivity index (χ4n) is 1.88. The molecule has 0 fully saturated rings. The van der Waals surface area contributed by atoms with E-state index < -0.39 is 0 Å². The van der Waals surface area contributed by atoms with Crippen LogP contribution in [0.5, 0.6) is 0 Å². The highest BCUT2D eigenvalue weighted by Gasteiger charge is 2.11. The summed E-state index contributed by atoms with van der Waals surface area (Å²) in [4.78, 5) is 7.60. The van der Waals surface area contributed by atoms with Gasteiger partial charge in [-0.15, -0.1) is 0 Å². The van der Waals surface area contributed by atoms with E-state index in [1.165, 1.54) is 0 Å². The van der Waals surface area contributed by atoms with Crippen molar-refractivity contribution in [2.24, 2.45) is 0 Å². The molecule has 0 unspecified atom stereocenters. The van der Waals surface area contributed by atoms with Gasteiger partial charge in [-0.1, -0.05) is 40.9 Å². The van der Waals surface area contributed by atoms with E-state index in [1.54, 1.807) is 18.2 Å². The predicted molar refractivity (Wildman–Crippen MR) is 81.0 cm³/mol. The second-order valence-electron chi connectivity index (χ2n) is 4.07. The number of nitrogens with one attached hydrogen (secondary N) is 1. The standard InChI is InChI=1S/C13H8Cl3N3/c14-7-3-1-2-6(12(7)17)13-18-10-4-8(15)9(16)5-11(10)19-13/h1-5H,17H2,(H,18,19). The first kappa shape index (κ1) is 12.6. The Morgan fingerprint density at radius 3 is 2.53 bits per heavy atom. The van der Waals surface area contributed by atoms with Gasteiger partial charge in [0.25, 0.3) is 0 Å². The lowest BCUT2D eigenvalue weighted by atomic mass is 10.2. The van der Waals surface area contributed by atoms with Crippen molar-refractivity contribution in [1.82, 2.24) is 9.97 Å². The van der Waals surface area contributed by atoms with Gasteiger partial charge in [0.05, 0.1) is 31.8 Å². The Morgan fingerprint density at radius 2 is 1.74 bits per heavy atom. The Hall–Kier alpha value is -1.42. The smallest absolute Gasteiger partial charge is 0.140 e. The predicted octanol–water partition coefficient (Wildman–Crippen LogP) is 4.77. The van der Waals surface area contributed by atoms with Crippen LogP contribution in [0.1, 0.15) is 0 Å². The van der Waals surface area contributed by atoms with Crippen molar-refractivity contribution in [3.8, 4) is 11.4 Å². The molecule has 1 aromatic heterocycles. The Balaban J connectivity index is 2.23. The summed E-state index contributed by atoms with van der Waals surface area (Å²) in [7, 11) is 0. The van der Waals surface area contributed by atoms with Crippen molar-refractivity contribution in [2.75, 3.05) is 5.73 Å². The van der Waals surface area contributed by atoms with Crippen molar-refractivity contribution in [1.29, 1.82) is 0 Å². The topological polar surface area (TPSA) is 54.7 Å². The fourth-order valence-corrected chi connectivity index (χ4v) is 2.37. The molecule has 0 amide bonds. The van der Waals surface area contributed by atoms with Crippen LogP contribution in [0, 0.1) is 0 Å². The molecule has 0 radical (unpaired) electrons. The summed E-state index contributed by atoms with van der Waals surface area (Å²) in [6.45, 7) is 0. The number of aromatic amines is 1. The molecule has 0 spiro atoms. The Kier molecular flexibility index (Phi) is 3.05. The quantitative estimate of drug-likeness (QED) is 0.636. The van der Waals surface area contributed by atoms with E-state index in [0.29, 0.717) is 26.6 Å². The third-order valence-corrected chi connectivity index (χ3v) is 3.88. The van der Waals surface area contributed by atoms with E-state index in [9.17, 15) is 0 Å². The van der Waals surface area contributed by atoms with Gasteiger partial charge < -0.3 is 10.7 Å². The van der Waals surface area contributed by atoms with Crippen molar-refractivity contribution < 1.29 is 0 Å². The molecule has 3 rings (SSSR count). The minimum atomic E-state index is 0.464. The molecule has 0 bridgehead atoms. The first-order chi connectivity index (χ1) is 9.06. The van der Waals surface area contributed by atoms with E-state index in [4.69, 9.17) is 40.5 Å². The molecule has 0 atom stereocenters. The summed E-state index contributed by atoms with van der Waals surface area (Å²) in [6, 6.07) is 8.84. The van der Waals surface area contributed by atoms with Crippen LogP contribution in [-0.2, 0) is 0 Å². The zero-order valence-electron chi connectivity index (χ0n) is 9.55. The number of rotatable bonds is 1. The highest BCUT2D eigenvalue weighted by atomic mass is 35.5. The molecule has 0 aliphatic carbocycles. The molecule has 2 aromatic carbocycles. The second-order valence-corrected chi connectivity index (χ2v) is 5.29. The zero-order valence-corrected chi connectivity index (χ0v) is 11.8. The maximum Gasteiger partial charge on any atom is 0.140 e. The average Bonchev–Trinajstić information content (AvgIpc) is 2.76. The number of halogens is 3. The number of nitrogens with two attached hydrogens (primary N) is 1. The van der Waals surface area contributed by atoms with Crippen LogP contribution in [0.2, 0.25) is 15.1 Å². The third-order valence-electron chi connectivity index (χ3n) is 2.83. The number of fused-ring (bicyclic) bond motifs is 1. The van der Waals surface area contributed by atoms with Gasteiger partial charge in [0, 0.05) is 5.56 Å². The number of hydrogen-bond acceptors (Lipinski definition) is 2. The molecule has 0 saturated heterocycles. The molecular weight excluding hydrogens is 305 g/mol. The van der Waals surface area contributed by atoms with Crippen LogP contribution in [0.4, 0.5) is 5.69 Å². The van der Waals surface area contributed by atoms with Gasteiger partial charge in [0.1, 0.15) is 5.82 Å². The summed E-state index contributed by atoms with van der Waals surface area (Å²) in [5, 5.41) is 1.43. The van der Waals surface area contributed by atoms with E-state index in [-0.39, 0.29) is 0 Å². The number of nitrogens with zero attached hydrogens (tertiary/aromatic N) is 1. The van der Waals surface area contributed by atoms with Crippen LogP contribution in [0.25, 0.3) is 22.4 Å². The third kappa shape index (κ3) is 2.14. The highest BCUT2D eigenvalue weighted by molar-refractivity contribution is 6.42. The van der Waals surface area contributed by atoms with E-state index in [0.717, 1.165) is 16.6 Å². The highest BCUT2D eigenvalue weighted by Crippen LogP contribution is 2.33. The molecule has 96 valence electrons. The first-order valence-electron chi connectivity index (χ1n) is 5.45. The van der Waals surface area contributed by atoms with Gasteiger partial charge in [-0.2, -0.15) is 0 Å². The lowest BCUT2D eigenvalue weighted by Gasteiger charge is -2.03. The Morgan fingerprint density at radius 1 is 1.00 bits per heavy atom. The molecule has 3 aromatic rings. The Bertz CT molecular complexity index is 741. The van der Waals surface area contributed by atoms with Gasteiger partial charge in [0.15, 0.2) is 0 Å². The zero-order chi connectivity index (χ0) is 13.6. The number of aromatic nitrogens is 2. The summed E-state index contributed by atoms with van der Waals surface area (Å²) in [5.41, 5.74) is 8.71. The van der Waals surface area contributed by atoms with Gasteiger partial charge in [-0.3, -0.25) is 0 Å². The maximum absolute atomic E-state index is 6.00. The molecule has 0 aliphatic rings. The summed E-state index contributed by atoms with van der Waals surface area (Å²) >= 11 is 17.9. The molecular formula is C13H8Cl3N3. The van der Waals surface area contributed by atoms with E-state index in [1.807, 2.05) is 12.1 Å². The summed E-state index contributed by atoms with van der Waals surface area (Å²) in [5.74, 6) is 0.633. The minimum absolute atomic E-state index is 0.464. The van der Waals surface area contributed by atoms with Crippen LogP contribution < -0.4 is 5.73 Å². The lowest BCUT2D eigenvalue weighted by Crippen LogP contribution is -1.92. The number of anilines is 1. The minimum Gasteiger partial charge on any atom is -0.397 e. The van der Waals surface area contributed by atoms with Crippen molar-refractivity contribution in [3.63, 3.8) is 0 Å². The van der Waals surface area contributed by atoms with Crippen molar-refractivity contribution >= 4 is 51.5 Å². The van der Waals surface area contributed by atoms with Gasteiger partial charge in [0.2, 0.25) is 0 Å². The molecule has 19 heavy (non-hydrogen) atoms. The normalized spacial score (nSPS) is 11.1.